The van der Waals surface area contributed by atoms with Gasteiger partial charge in [0.25, 0.3) is 0 Å². The summed E-state index contributed by atoms with van der Waals surface area (Å²) in [6, 6.07) is 25.6. The third-order valence-corrected chi connectivity index (χ3v) is 4.42. The maximum Gasteiger partial charge on any atom is 0.193 e. The van der Waals surface area contributed by atoms with Crippen LogP contribution in [0.4, 0.5) is 0 Å². The van der Waals surface area contributed by atoms with Crippen molar-refractivity contribution in [2.75, 3.05) is 0 Å². The average molecular weight is 304 g/mol. The summed E-state index contributed by atoms with van der Waals surface area (Å²) in [6.07, 6.45) is 0. The average Bonchev–Trinajstić information content (AvgIpc) is 2.58. The Labute approximate surface area is 135 Å². The molecule has 0 spiro atoms. The first kappa shape index (κ1) is 14.6. The van der Waals surface area contributed by atoms with E-state index in [1.165, 1.54) is 10.5 Å². The zero-order valence-corrected chi connectivity index (χ0v) is 13.1. The van der Waals surface area contributed by atoms with Gasteiger partial charge in [-0.1, -0.05) is 59.8 Å². The second kappa shape index (κ2) is 6.63. The van der Waals surface area contributed by atoms with Crippen LogP contribution in [-0.4, -0.2) is 5.78 Å². The Kier molecular flexibility index (Phi) is 4.40. The van der Waals surface area contributed by atoms with E-state index < -0.39 is 0 Å². The fourth-order valence-electron chi connectivity index (χ4n) is 2.17. The molecule has 0 bridgehead atoms. The topological polar surface area (TPSA) is 17.1 Å². The molecule has 0 N–H and O–H groups in total. The second-order valence-electron chi connectivity index (χ2n) is 5.13. The quantitative estimate of drug-likeness (QED) is 0.602. The lowest BCUT2D eigenvalue weighted by atomic mass is 10.0. The summed E-state index contributed by atoms with van der Waals surface area (Å²) in [5, 5.41) is 0. The fourth-order valence-corrected chi connectivity index (χ4v) is 2.99. The number of aryl methyl sites for hydroxylation is 1. The maximum absolute atomic E-state index is 12.3. The van der Waals surface area contributed by atoms with E-state index in [1.807, 2.05) is 54.6 Å². The summed E-state index contributed by atoms with van der Waals surface area (Å²) in [5.41, 5.74) is 2.70. The van der Waals surface area contributed by atoms with Crippen LogP contribution in [0.3, 0.4) is 0 Å². The van der Waals surface area contributed by atoms with Crippen molar-refractivity contribution in [3.05, 3.63) is 95.6 Å². The Bertz CT molecular complexity index is 759. The molecule has 0 aliphatic rings. The molecular formula is C20H16OS. The molecule has 0 amide bonds. The van der Waals surface area contributed by atoms with E-state index in [0.717, 1.165) is 16.0 Å². The molecule has 22 heavy (non-hydrogen) atoms. The van der Waals surface area contributed by atoms with Gasteiger partial charge in [0.2, 0.25) is 0 Å². The normalized spacial score (nSPS) is 10.4. The van der Waals surface area contributed by atoms with Gasteiger partial charge in [0.15, 0.2) is 5.78 Å². The predicted octanol–water partition coefficient (Wildman–Crippen LogP) is 5.38. The molecule has 1 nitrogen and oxygen atoms in total. The van der Waals surface area contributed by atoms with Crippen molar-refractivity contribution < 1.29 is 4.79 Å². The zero-order chi connectivity index (χ0) is 15.4. The van der Waals surface area contributed by atoms with Crippen LogP contribution in [-0.2, 0) is 0 Å². The van der Waals surface area contributed by atoms with Crippen molar-refractivity contribution in [1.29, 1.82) is 0 Å². The van der Waals surface area contributed by atoms with E-state index in [-0.39, 0.29) is 5.78 Å². The van der Waals surface area contributed by atoms with Crippen molar-refractivity contribution in [1.82, 2.24) is 0 Å². The zero-order valence-electron chi connectivity index (χ0n) is 12.3. The highest BCUT2D eigenvalue weighted by atomic mass is 32.2. The molecule has 0 aromatic heterocycles. The lowest BCUT2D eigenvalue weighted by Gasteiger charge is -2.04. The van der Waals surface area contributed by atoms with Crippen molar-refractivity contribution in [3.63, 3.8) is 0 Å². The molecular weight excluding hydrogens is 288 g/mol. The number of hydrogen-bond acceptors (Lipinski definition) is 2. The molecule has 2 heteroatoms. The molecule has 0 radical (unpaired) electrons. The minimum atomic E-state index is 0.0625. The number of hydrogen-bond donors (Lipinski definition) is 0. The fraction of sp³-hybridized carbons (Fsp3) is 0.0500. The van der Waals surface area contributed by atoms with E-state index >= 15 is 0 Å². The van der Waals surface area contributed by atoms with Gasteiger partial charge in [0.05, 0.1) is 0 Å². The molecule has 108 valence electrons. The second-order valence-corrected chi connectivity index (χ2v) is 6.28. The van der Waals surface area contributed by atoms with Crippen molar-refractivity contribution >= 4 is 17.5 Å². The van der Waals surface area contributed by atoms with Gasteiger partial charge in [-0.05, 0) is 43.3 Å². The molecule has 0 saturated carbocycles. The molecule has 0 fully saturated rings. The third-order valence-electron chi connectivity index (χ3n) is 3.41. The van der Waals surface area contributed by atoms with Gasteiger partial charge in [-0.3, -0.25) is 4.79 Å². The molecule has 0 aliphatic carbocycles. The van der Waals surface area contributed by atoms with Crippen molar-refractivity contribution in [3.8, 4) is 0 Å². The number of benzene rings is 3. The smallest absolute Gasteiger partial charge is 0.193 e. The van der Waals surface area contributed by atoms with Gasteiger partial charge in [0.1, 0.15) is 0 Å². The molecule has 0 atom stereocenters. The van der Waals surface area contributed by atoms with Crippen LogP contribution >= 0.6 is 11.8 Å². The number of carbonyl (C=O) groups excluding carboxylic acids is 1. The first-order valence-corrected chi connectivity index (χ1v) is 7.98. The van der Waals surface area contributed by atoms with E-state index in [2.05, 4.69) is 31.2 Å². The van der Waals surface area contributed by atoms with Gasteiger partial charge in [-0.2, -0.15) is 0 Å². The highest BCUT2D eigenvalue weighted by molar-refractivity contribution is 7.99. The first-order chi connectivity index (χ1) is 10.7. The van der Waals surface area contributed by atoms with E-state index in [0.29, 0.717) is 0 Å². The molecule has 3 aromatic rings. The summed E-state index contributed by atoms with van der Waals surface area (Å²) in [4.78, 5) is 14.7. The summed E-state index contributed by atoms with van der Waals surface area (Å²) in [5.74, 6) is 0.0625. The van der Waals surface area contributed by atoms with Gasteiger partial charge in [-0.25, -0.2) is 0 Å². The third kappa shape index (κ3) is 3.46. The largest absolute Gasteiger partial charge is 0.289 e. The van der Waals surface area contributed by atoms with Gasteiger partial charge < -0.3 is 0 Å². The predicted molar refractivity (Wildman–Crippen MR) is 91.6 cm³/mol. The van der Waals surface area contributed by atoms with Crippen LogP contribution in [0.1, 0.15) is 21.5 Å². The Balaban J connectivity index is 1.75. The standard InChI is InChI=1S/C20H16OS/c1-15-7-11-18(12-8-15)22-19-13-9-17(10-14-19)20(21)16-5-3-2-4-6-16/h2-14H,1H3. The molecule has 0 aliphatic heterocycles. The SMILES string of the molecule is Cc1ccc(Sc2ccc(C(=O)c3ccccc3)cc2)cc1. The van der Waals surface area contributed by atoms with E-state index in [1.54, 1.807) is 11.8 Å². The minimum absolute atomic E-state index is 0.0625. The Morgan fingerprint density at radius 3 is 1.77 bits per heavy atom. The van der Waals surface area contributed by atoms with Crippen molar-refractivity contribution in [2.24, 2.45) is 0 Å². The van der Waals surface area contributed by atoms with Crippen LogP contribution in [0.5, 0.6) is 0 Å². The number of carbonyl (C=O) groups is 1. The number of ketones is 1. The summed E-state index contributed by atoms with van der Waals surface area (Å²) in [7, 11) is 0. The molecule has 3 rings (SSSR count). The molecule has 0 unspecified atom stereocenters. The highest BCUT2D eigenvalue weighted by Crippen LogP contribution is 2.28. The van der Waals surface area contributed by atoms with Crippen LogP contribution in [0, 0.1) is 6.92 Å². The van der Waals surface area contributed by atoms with Gasteiger partial charge in [0, 0.05) is 20.9 Å². The molecule has 0 heterocycles. The lowest BCUT2D eigenvalue weighted by molar-refractivity contribution is 0.103. The van der Waals surface area contributed by atoms with E-state index in [9.17, 15) is 4.79 Å². The van der Waals surface area contributed by atoms with Crippen LogP contribution in [0.2, 0.25) is 0 Å². The Morgan fingerprint density at radius 1 is 0.682 bits per heavy atom. The summed E-state index contributed by atoms with van der Waals surface area (Å²) < 4.78 is 0. The monoisotopic (exact) mass is 304 g/mol. The number of rotatable bonds is 4. The van der Waals surface area contributed by atoms with Crippen LogP contribution in [0.25, 0.3) is 0 Å². The molecule has 0 saturated heterocycles. The van der Waals surface area contributed by atoms with E-state index in [4.69, 9.17) is 0 Å². The van der Waals surface area contributed by atoms with Crippen LogP contribution in [0.15, 0.2) is 88.7 Å². The Morgan fingerprint density at radius 2 is 1.18 bits per heavy atom. The minimum Gasteiger partial charge on any atom is -0.289 e. The first-order valence-electron chi connectivity index (χ1n) is 7.17. The van der Waals surface area contributed by atoms with Gasteiger partial charge in [-0.15, -0.1) is 0 Å². The van der Waals surface area contributed by atoms with Crippen LogP contribution < -0.4 is 0 Å². The van der Waals surface area contributed by atoms with Crippen molar-refractivity contribution in [2.45, 2.75) is 16.7 Å². The Hall–Kier alpha value is -2.32. The molecule has 3 aromatic carbocycles. The van der Waals surface area contributed by atoms with Gasteiger partial charge >= 0.3 is 0 Å². The maximum atomic E-state index is 12.3. The highest BCUT2D eigenvalue weighted by Gasteiger charge is 2.08. The lowest BCUT2D eigenvalue weighted by Crippen LogP contribution is -2.00. The summed E-state index contributed by atoms with van der Waals surface area (Å²) in [6.45, 7) is 2.08. The summed E-state index contributed by atoms with van der Waals surface area (Å²) >= 11 is 1.70.